The Bertz CT molecular complexity index is 588. The number of rotatable bonds is 7. The van der Waals surface area contributed by atoms with E-state index in [1.165, 1.54) is 0 Å². The first-order valence-corrected chi connectivity index (χ1v) is 9.13. The first-order valence-electron chi connectivity index (χ1n) is 8.59. The van der Waals surface area contributed by atoms with Crippen LogP contribution in [0.2, 0.25) is 0 Å². The molecule has 0 radical (unpaired) electrons. The highest BCUT2D eigenvalue weighted by Crippen LogP contribution is 2.23. The van der Waals surface area contributed by atoms with E-state index in [0.717, 1.165) is 0 Å². The van der Waals surface area contributed by atoms with Crippen molar-refractivity contribution in [3.63, 3.8) is 0 Å². The molecule has 0 spiro atoms. The minimum Gasteiger partial charge on any atom is -0.466 e. The molecule has 6 nitrogen and oxygen atoms in total. The van der Waals surface area contributed by atoms with Gasteiger partial charge in [-0.1, -0.05) is 12.1 Å². The zero-order valence-electron chi connectivity index (χ0n) is 14.4. The van der Waals surface area contributed by atoms with Crippen LogP contribution in [0.5, 0.6) is 0 Å². The highest BCUT2D eigenvalue weighted by atomic mass is 35.5. The largest absolute Gasteiger partial charge is 0.466 e. The minimum atomic E-state index is -0.676. The first-order chi connectivity index (χ1) is 12.1. The number of carbonyl (C=O) groups is 2. The van der Waals surface area contributed by atoms with E-state index in [1.54, 1.807) is 24.0 Å². The molecule has 1 aromatic rings. The Morgan fingerprint density at radius 1 is 1.36 bits per heavy atom. The van der Waals surface area contributed by atoms with Gasteiger partial charge in [0.2, 0.25) is 0 Å². The van der Waals surface area contributed by atoms with Gasteiger partial charge in [0, 0.05) is 25.3 Å². The zero-order chi connectivity index (χ0) is 18.2. The number of hydrogen-bond acceptors (Lipinski definition) is 5. The summed E-state index contributed by atoms with van der Waals surface area (Å²) >= 11 is 5.60. The molecule has 25 heavy (non-hydrogen) atoms. The van der Waals surface area contributed by atoms with E-state index in [9.17, 15) is 14.7 Å². The van der Waals surface area contributed by atoms with Crippen LogP contribution in [0.4, 0.5) is 5.69 Å². The molecule has 0 saturated carbocycles. The molecule has 1 heterocycles. The topological polar surface area (TPSA) is 78.9 Å². The molecule has 1 saturated heterocycles. The molecule has 1 aliphatic heterocycles. The number of amides is 1. The van der Waals surface area contributed by atoms with Crippen LogP contribution < -0.4 is 5.32 Å². The third kappa shape index (κ3) is 5.34. The van der Waals surface area contributed by atoms with Crippen molar-refractivity contribution < 1.29 is 19.4 Å². The van der Waals surface area contributed by atoms with Crippen molar-refractivity contribution in [2.45, 2.75) is 25.9 Å². The van der Waals surface area contributed by atoms with Gasteiger partial charge in [0.15, 0.2) is 0 Å². The highest BCUT2D eigenvalue weighted by molar-refractivity contribution is 6.18. The van der Waals surface area contributed by atoms with Gasteiger partial charge in [0.25, 0.3) is 5.91 Å². The normalized spacial score (nSPS) is 16.4. The number of likely N-dealkylation sites (tertiary alicyclic amines) is 1. The van der Waals surface area contributed by atoms with Gasteiger partial charge in [-0.3, -0.25) is 9.59 Å². The third-order valence-electron chi connectivity index (χ3n) is 4.27. The van der Waals surface area contributed by atoms with E-state index in [-0.39, 0.29) is 30.2 Å². The number of benzene rings is 1. The second-order valence-corrected chi connectivity index (χ2v) is 6.36. The Morgan fingerprint density at radius 2 is 2.04 bits per heavy atom. The van der Waals surface area contributed by atoms with Gasteiger partial charge in [-0.2, -0.15) is 0 Å². The fraction of sp³-hybridized carbons (Fsp3) is 0.556. The van der Waals surface area contributed by atoms with Gasteiger partial charge in [-0.15, -0.1) is 11.6 Å². The predicted octanol–water partition coefficient (Wildman–Crippen LogP) is 2.11. The molecule has 2 N–H and O–H groups in total. The van der Waals surface area contributed by atoms with Crippen LogP contribution in [0.3, 0.4) is 0 Å². The summed E-state index contributed by atoms with van der Waals surface area (Å²) in [5, 5.41) is 12.7. The number of nitrogens with zero attached hydrogens (tertiary/aromatic N) is 1. The lowest BCUT2D eigenvalue weighted by atomic mass is 9.96. The number of para-hydroxylation sites is 1. The molecule has 0 aromatic heterocycles. The molecule has 1 aromatic carbocycles. The fourth-order valence-corrected chi connectivity index (χ4v) is 2.96. The van der Waals surface area contributed by atoms with Crippen molar-refractivity contribution in [2.75, 3.05) is 37.4 Å². The van der Waals surface area contributed by atoms with E-state index in [0.29, 0.717) is 43.8 Å². The number of piperidine rings is 1. The fourth-order valence-electron chi connectivity index (χ4n) is 2.85. The molecular weight excluding hydrogens is 344 g/mol. The van der Waals surface area contributed by atoms with Crippen molar-refractivity contribution in [3.8, 4) is 0 Å². The van der Waals surface area contributed by atoms with E-state index in [1.807, 2.05) is 12.1 Å². The maximum Gasteiger partial charge on any atom is 0.309 e. The Morgan fingerprint density at radius 3 is 2.68 bits per heavy atom. The van der Waals surface area contributed by atoms with Crippen molar-refractivity contribution in [2.24, 2.45) is 5.92 Å². The summed E-state index contributed by atoms with van der Waals surface area (Å²) in [4.78, 5) is 26.4. The number of aliphatic hydroxyl groups is 1. The Balaban J connectivity index is 1.98. The zero-order valence-corrected chi connectivity index (χ0v) is 15.2. The molecule has 7 heteroatoms. The van der Waals surface area contributed by atoms with Gasteiger partial charge in [-0.05, 0) is 31.9 Å². The summed E-state index contributed by atoms with van der Waals surface area (Å²) in [7, 11) is 0. The Kier molecular flexibility index (Phi) is 7.52. The standard InChI is InChI=1S/C18H25ClN2O4/c1-2-25-18(24)13-7-9-21(10-8-13)17(23)15-5-3-4-6-16(15)20-12-14(22)11-19/h3-6,13-14,20,22H,2,7-12H2,1H3. The lowest BCUT2D eigenvalue weighted by Gasteiger charge is -2.31. The van der Waals surface area contributed by atoms with Crippen LogP contribution in [0.1, 0.15) is 30.1 Å². The average molecular weight is 369 g/mol. The molecule has 2 rings (SSSR count). The Labute approximate surface area is 153 Å². The molecule has 1 aliphatic rings. The monoisotopic (exact) mass is 368 g/mol. The summed E-state index contributed by atoms with van der Waals surface area (Å²) in [6, 6.07) is 7.20. The number of anilines is 1. The molecular formula is C18H25ClN2O4. The van der Waals surface area contributed by atoms with Gasteiger partial charge < -0.3 is 20.1 Å². The number of hydrogen-bond donors (Lipinski definition) is 2. The average Bonchev–Trinajstić information content (AvgIpc) is 2.66. The third-order valence-corrected chi connectivity index (χ3v) is 4.62. The molecule has 1 unspecified atom stereocenters. The second kappa shape index (κ2) is 9.63. The number of halogens is 1. The maximum absolute atomic E-state index is 12.8. The van der Waals surface area contributed by atoms with Crippen LogP contribution in [-0.4, -0.2) is 60.1 Å². The maximum atomic E-state index is 12.8. The van der Waals surface area contributed by atoms with E-state index in [4.69, 9.17) is 16.3 Å². The van der Waals surface area contributed by atoms with Crippen molar-refractivity contribution in [1.29, 1.82) is 0 Å². The van der Waals surface area contributed by atoms with Crippen LogP contribution in [0, 0.1) is 5.92 Å². The smallest absolute Gasteiger partial charge is 0.309 e. The number of nitrogens with one attached hydrogen (secondary N) is 1. The minimum absolute atomic E-state index is 0.0780. The van der Waals surface area contributed by atoms with Crippen molar-refractivity contribution in [3.05, 3.63) is 29.8 Å². The quantitative estimate of drug-likeness (QED) is 0.569. The first kappa shape index (κ1) is 19.5. The van der Waals surface area contributed by atoms with E-state index >= 15 is 0 Å². The molecule has 1 fully saturated rings. The lowest BCUT2D eigenvalue weighted by Crippen LogP contribution is -2.41. The second-order valence-electron chi connectivity index (χ2n) is 6.05. The lowest BCUT2D eigenvalue weighted by molar-refractivity contribution is -0.149. The molecule has 0 aliphatic carbocycles. The summed E-state index contributed by atoms with van der Waals surface area (Å²) in [5.41, 5.74) is 1.23. The van der Waals surface area contributed by atoms with Crippen LogP contribution in [-0.2, 0) is 9.53 Å². The summed E-state index contributed by atoms with van der Waals surface area (Å²) in [6.45, 7) is 3.51. The highest BCUT2D eigenvalue weighted by Gasteiger charge is 2.29. The number of carbonyl (C=O) groups excluding carboxylic acids is 2. The Hall–Kier alpha value is -1.79. The summed E-state index contributed by atoms with van der Waals surface area (Å²) in [6.07, 6.45) is 0.557. The molecule has 138 valence electrons. The van der Waals surface area contributed by atoms with Gasteiger partial charge in [0.1, 0.15) is 0 Å². The van der Waals surface area contributed by atoms with Crippen LogP contribution in [0.15, 0.2) is 24.3 Å². The van der Waals surface area contributed by atoms with Crippen LogP contribution in [0.25, 0.3) is 0 Å². The number of ether oxygens (including phenoxy) is 1. The van der Waals surface area contributed by atoms with Gasteiger partial charge in [-0.25, -0.2) is 0 Å². The number of esters is 1. The number of aliphatic hydroxyl groups excluding tert-OH is 1. The van der Waals surface area contributed by atoms with Crippen molar-refractivity contribution >= 4 is 29.2 Å². The summed E-state index contributed by atoms with van der Waals surface area (Å²) < 4.78 is 5.06. The number of alkyl halides is 1. The molecule has 1 atom stereocenters. The van der Waals surface area contributed by atoms with E-state index in [2.05, 4.69) is 5.32 Å². The van der Waals surface area contributed by atoms with Gasteiger partial charge in [0.05, 0.1) is 30.1 Å². The van der Waals surface area contributed by atoms with Gasteiger partial charge >= 0.3 is 5.97 Å². The SMILES string of the molecule is CCOC(=O)C1CCN(C(=O)c2ccccc2NCC(O)CCl)CC1. The van der Waals surface area contributed by atoms with Crippen molar-refractivity contribution in [1.82, 2.24) is 4.90 Å². The predicted molar refractivity (Wildman–Crippen MR) is 96.9 cm³/mol. The molecule has 1 amide bonds. The summed E-state index contributed by atoms with van der Waals surface area (Å²) in [5.74, 6) is -0.251. The van der Waals surface area contributed by atoms with E-state index < -0.39 is 6.10 Å². The van der Waals surface area contributed by atoms with Crippen LogP contribution >= 0.6 is 11.6 Å². The molecule has 0 bridgehead atoms.